The Morgan fingerprint density at radius 1 is 0.903 bits per heavy atom. The fourth-order valence-electron chi connectivity index (χ4n) is 6.65. The third-order valence-corrected chi connectivity index (χ3v) is 15.6. The van der Waals surface area contributed by atoms with Crippen LogP contribution >= 0.6 is 34.8 Å². The summed E-state index contributed by atoms with van der Waals surface area (Å²) in [6, 6.07) is 10.4. The summed E-state index contributed by atoms with van der Waals surface area (Å²) in [4.78, 5) is 105. The van der Waals surface area contributed by atoms with E-state index in [1.165, 1.54) is 30.4 Å². The van der Waals surface area contributed by atoms with Crippen molar-refractivity contribution >= 4 is 84.0 Å². The molecule has 72 heavy (non-hydrogen) atoms. The number of aliphatic hydroxyl groups excluding tert-OH is 2. The summed E-state index contributed by atoms with van der Waals surface area (Å²) < 4.78 is 96.3. The zero-order chi connectivity index (χ0) is 52.6. The number of H-pyrrole nitrogens is 1. The van der Waals surface area contributed by atoms with Crippen LogP contribution in [-0.2, 0) is 51.3 Å². The monoisotopic (exact) mass is 1110 g/mol. The SMILES string of the molecule is O=C(CCCNC(=O)CCCNCCOc1ccc2oc(=O)c(-c3nc4ccc(S(=O)(=O)O)cc4s3)cc2c1)NC/C=C/c1cn([C@@H]2O[C@H](COP(=O)(O)OP(=O)(O)OP(=O)(O)O)[C@@H](O)[C@H]2O)c(=O)[nH]c1=O. The van der Waals surface area contributed by atoms with Gasteiger partial charge in [-0.3, -0.25) is 33.0 Å². The van der Waals surface area contributed by atoms with Gasteiger partial charge in [0.25, 0.3) is 15.7 Å². The number of carbonyl (C=O) groups is 2. The number of thiazole rings is 1. The average molecular weight is 1110 g/mol. The summed E-state index contributed by atoms with van der Waals surface area (Å²) in [7, 11) is -21.6. The Labute approximate surface area is 408 Å². The number of aliphatic hydroxyl groups is 2. The maximum atomic E-state index is 12.8. The standard InChI is InChI=1S/C38H45N6O23P3S2/c45-30(5-2-11-39-14-15-62-23-7-10-27-22(16-23)17-25(37(50)65-27)35-42-26-9-8-24(72(59,60)61)18-29(26)71-35)41-13-3-6-31(46)40-12-1-4-21-19-44(38(51)43-34(21)49)36-33(48)32(47)28(64-36)20-63-69(55,56)67-70(57,58)66-68(52,53)54/h1,4,7-10,16-19,28,32-33,36,39,47-48H,2-3,5-6,11-15,20H2,(H,40,46)(H,41,45)(H,55,56)(H,57,58)(H,43,49,51)(H2,52,53,54)(H,59,60,61)/b4-1+/t28-,32-,33-,36-/m1/s1. The normalized spacial score (nSPS) is 19.1. The van der Waals surface area contributed by atoms with Crippen molar-refractivity contribution in [2.24, 2.45) is 0 Å². The number of hydrogen-bond donors (Lipinski definition) is 11. The topological polar surface area (TPSA) is 441 Å². The molecule has 0 aliphatic carbocycles. The third-order valence-electron chi connectivity index (χ3n) is 9.94. The molecule has 11 N–H and O–H groups in total. The van der Waals surface area contributed by atoms with E-state index in [-0.39, 0.29) is 60.4 Å². The summed E-state index contributed by atoms with van der Waals surface area (Å²) >= 11 is 1.07. The van der Waals surface area contributed by atoms with Crippen LogP contribution in [0.5, 0.6) is 5.75 Å². The fourth-order valence-corrected chi connectivity index (χ4v) is 11.3. The predicted molar refractivity (Wildman–Crippen MR) is 250 cm³/mol. The lowest BCUT2D eigenvalue weighted by atomic mass is 10.1. The van der Waals surface area contributed by atoms with E-state index in [9.17, 15) is 70.6 Å². The first-order chi connectivity index (χ1) is 33.8. The van der Waals surface area contributed by atoms with E-state index in [1.54, 1.807) is 24.3 Å². The van der Waals surface area contributed by atoms with Gasteiger partial charge in [0.1, 0.15) is 41.3 Å². The average Bonchev–Trinajstić information content (AvgIpc) is 3.83. The molecule has 1 aliphatic rings. The van der Waals surface area contributed by atoms with Crippen LogP contribution in [0, 0.1) is 0 Å². The van der Waals surface area contributed by atoms with Crippen molar-refractivity contribution < 1.29 is 93.1 Å². The molecule has 2 unspecified atom stereocenters. The zero-order valence-corrected chi connectivity index (χ0v) is 41.2. The zero-order valence-electron chi connectivity index (χ0n) is 36.9. The Kier molecular flexibility index (Phi) is 18.6. The molecule has 3 aromatic heterocycles. The van der Waals surface area contributed by atoms with E-state index >= 15 is 0 Å². The van der Waals surface area contributed by atoms with Gasteiger partial charge in [-0.05, 0) is 61.9 Å². The summed E-state index contributed by atoms with van der Waals surface area (Å²) in [6.07, 6.45) is -2.70. The maximum absolute atomic E-state index is 12.8. The Morgan fingerprint density at radius 3 is 2.35 bits per heavy atom. The molecule has 392 valence electrons. The van der Waals surface area contributed by atoms with E-state index in [0.29, 0.717) is 62.4 Å². The van der Waals surface area contributed by atoms with Gasteiger partial charge in [-0.25, -0.2) is 28.3 Å². The molecule has 5 aromatic rings. The number of phosphoric ester groups is 1. The number of amides is 2. The highest BCUT2D eigenvalue weighted by molar-refractivity contribution is 7.85. The lowest BCUT2D eigenvalue weighted by Crippen LogP contribution is -2.38. The number of ether oxygens (including phenoxy) is 2. The van der Waals surface area contributed by atoms with Crippen LogP contribution in [0.2, 0.25) is 0 Å². The molecule has 6 rings (SSSR count). The smallest absolute Gasteiger partial charge is 0.490 e. The molecule has 1 saturated heterocycles. The number of carbonyl (C=O) groups excluding carboxylic acids is 2. The number of benzene rings is 2. The molecular weight excluding hydrogens is 1070 g/mol. The van der Waals surface area contributed by atoms with E-state index < -0.39 is 81.6 Å². The van der Waals surface area contributed by atoms with Crippen LogP contribution in [0.1, 0.15) is 37.5 Å². The van der Waals surface area contributed by atoms with E-state index in [2.05, 4.69) is 34.1 Å². The van der Waals surface area contributed by atoms with Gasteiger partial charge in [0.05, 0.1) is 32.8 Å². The van der Waals surface area contributed by atoms with Gasteiger partial charge in [0.2, 0.25) is 11.8 Å². The van der Waals surface area contributed by atoms with Crippen molar-refractivity contribution in [2.45, 2.75) is 55.1 Å². The molecule has 6 atom stereocenters. The second-order valence-electron chi connectivity index (χ2n) is 15.3. The second kappa shape index (κ2) is 23.8. The minimum atomic E-state index is -5.85. The minimum Gasteiger partial charge on any atom is -0.492 e. The highest BCUT2D eigenvalue weighted by atomic mass is 32.2. The van der Waals surface area contributed by atoms with Crippen molar-refractivity contribution in [3.8, 4) is 16.3 Å². The van der Waals surface area contributed by atoms with Gasteiger partial charge >= 0.3 is 34.8 Å². The Balaban J connectivity index is 0.851. The van der Waals surface area contributed by atoms with E-state index in [1.807, 2.05) is 4.98 Å². The summed E-state index contributed by atoms with van der Waals surface area (Å²) in [5.74, 6) is -0.106. The first-order valence-corrected chi connectivity index (χ1v) is 27.7. The van der Waals surface area contributed by atoms with Gasteiger partial charge in [0, 0.05) is 44.1 Å². The Morgan fingerprint density at radius 2 is 1.62 bits per heavy atom. The van der Waals surface area contributed by atoms with Crippen LogP contribution < -0.4 is 37.6 Å². The number of aromatic nitrogens is 3. The van der Waals surface area contributed by atoms with Crippen LogP contribution in [0.4, 0.5) is 0 Å². The molecular formula is C38H45N6O23P3S2. The molecule has 1 aliphatic heterocycles. The summed E-state index contributed by atoms with van der Waals surface area (Å²) in [6.45, 7) is 0.230. The lowest BCUT2D eigenvalue weighted by molar-refractivity contribution is -0.122. The van der Waals surface area contributed by atoms with Gasteiger partial charge in [-0.15, -0.1) is 11.3 Å². The molecule has 4 heterocycles. The maximum Gasteiger partial charge on any atom is 0.490 e. The largest absolute Gasteiger partial charge is 0.492 e. The highest BCUT2D eigenvalue weighted by Gasteiger charge is 2.47. The van der Waals surface area contributed by atoms with E-state index in [4.69, 9.17) is 23.7 Å². The lowest BCUT2D eigenvalue weighted by Gasteiger charge is -2.19. The molecule has 0 radical (unpaired) electrons. The predicted octanol–water partition coefficient (Wildman–Crippen LogP) is 0.603. The van der Waals surface area contributed by atoms with E-state index in [0.717, 1.165) is 17.5 Å². The summed E-state index contributed by atoms with van der Waals surface area (Å²) in [5, 5.41) is 30.3. The van der Waals surface area contributed by atoms with Crippen LogP contribution in [0.3, 0.4) is 0 Å². The molecule has 2 aromatic carbocycles. The van der Waals surface area contributed by atoms with Gasteiger partial charge in [0.15, 0.2) is 6.23 Å². The Bertz CT molecular complexity index is 3280. The van der Waals surface area contributed by atoms with Crippen LogP contribution in [0.25, 0.3) is 37.8 Å². The van der Waals surface area contributed by atoms with Crippen molar-refractivity contribution in [1.29, 1.82) is 0 Å². The Hall–Kier alpha value is -5.14. The van der Waals surface area contributed by atoms with Crippen molar-refractivity contribution in [2.75, 3.05) is 39.4 Å². The molecule has 29 nitrogen and oxygen atoms in total. The molecule has 34 heteroatoms. The van der Waals surface area contributed by atoms with Crippen molar-refractivity contribution in [3.05, 3.63) is 91.6 Å². The minimum absolute atomic E-state index is 0.0439. The number of hydrogen-bond acceptors (Lipinski definition) is 21. The molecule has 0 saturated carbocycles. The van der Waals surface area contributed by atoms with Crippen LogP contribution in [-0.4, -0.2) is 127 Å². The number of nitrogens with one attached hydrogen (secondary N) is 4. The van der Waals surface area contributed by atoms with Crippen LogP contribution in [0.15, 0.2) is 78.4 Å². The first-order valence-electron chi connectivity index (χ1n) is 20.9. The number of phosphoric acid groups is 3. The molecule has 2 amide bonds. The molecule has 0 bridgehead atoms. The number of fused-ring (bicyclic) bond motifs is 2. The molecule has 1 fully saturated rings. The van der Waals surface area contributed by atoms with Gasteiger partial charge in [-0.2, -0.15) is 17.0 Å². The highest BCUT2D eigenvalue weighted by Crippen LogP contribution is 2.66. The molecule has 0 spiro atoms. The number of aromatic amines is 1. The second-order valence-corrected chi connectivity index (χ2v) is 22.2. The first kappa shape index (κ1) is 56.2. The quantitative estimate of drug-likeness (QED) is 0.0165. The van der Waals surface area contributed by atoms with Crippen molar-refractivity contribution in [1.82, 2.24) is 30.5 Å². The number of nitrogens with zero attached hydrogens (tertiary/aromatic N) is 2. The van der Waals surface area contributed by atoms with Gasteiger partial charge in [-0.1, -0.05) is 12.2 Å². The summed E-state index contributed by atoms with van der Waals surface area (Å²) in [5.41, 5.74) is -1.91. The third kappa shape index (κ3) is 15.9. The van der Waals surface area contributed by atoms with Gasteiger partial charge < -0.3 is 59.6 Å². The number of rotatable bonds is 25. The van der Waals surface area contributed by atoms with Crippen molar-refractivity contribution in [3.63, 3.8) is 0 Å². The fraction of sp³-hybridized carbons (Fsp3) is 0.368.